The van der Waals surface area contributed by atoms with Gasteiger partial charge in [-0.1, -0.05) is 6.07 Å². The third kappa shape index (κ3) is 1.58. The topological polar surface area (TPSA) is 35.8 Å². The van der Waals surface area contributed by atoms with Gasteiger partial charge in [0.2, 0.25) is 0 Å². The first-order chi connectivity index (χ1) is 6.81. The molecule has 0 amide bonds. The minimum Gasteiger partial charge on any atom is -0.382 e. The molecule has 2 rings (SSSR count). The quantitative estimate of drug-likeness (QED) is 0.770. The van der Waals surface area contributed by atoms with E-state index >= 15 is 0 Å². The lowest BCUT2D eigenvalue weighted by molar-refractivity contribution is 0.445. The van der Waals surface area contributed by atoms with Crippen LogP contribution < -0.4 is 5.32 Å². The monoisotopic (exact) mass is 186 g/mol. The van der Waals surface area contributed by atoms with Gasteiger partial charge in [-0.3, -0.25) is 0 Å². The number of nitriles is 1. The molecule has 1 aliphatic rings. The molecule has 1 fully saturated rings. The second-order valence-electron chi connectivity index (χ2n) is 3.86. The van der Waals surface area contributed by atoms with Crippen LogP contribution in [0.15, 0.2) is 18.2 Å². The highest BCUT2D eigenvalue weighted by Crippen LogP contribution is 2.26. The van der Waals surface area contributed by atoms with E-state index in [1.807, 2.05) is 19.1 Å². The number of hydrogen-bond acceptors (Lipinski definition) is 2. The van der Waals surface area contributed by atoms with E-state index in [0.29, 0.717) is 6.04 Å². The summed E-state index contributed by atoms with van der Waals surface area (Å²) in [5.74, 6) is 0. The Labute approximate surface area is 84.6 Å². The molecule has 0 bridgehead atoms. The number of hydrogen-bond donors (Lipinski definition) is 1. The zero-order valence-electron chi connectivity index (χ0n) is 8.38. The van der Waals surface area contributed by atoms with Crippen molar-refractivity contribution in [2.24, 2.45) is 0 Å². The van der Waals surface area contributed by atoms with Crippen molar-refractivity contribution in [1.29, 1.82) is 5.26 Å². The highest BCUT2D eigenvalue weighted by Gasteiger charge is 2.17. The van der Waals surface area contributed by atoms with Crippen molar-refractivity contribution in [1.82, 2.24) is 0 Å². The van der Waals surface area contributed by atoms with Crippen LogP contribution in [0, 0.1) is 18.3 Å². The molecule has 72 valence electrons. The molecule has 0 unspecified atom stereocenters. The Morgan fingerprint density at radius 1 is 1.43 bits per heavy atom. The van der Waals surface area contributed by atoms with Crippen LogP contribution in [-0.4, -0.2) is 6.04 Å². The highest BCUT2D eigenvalue weighted by atomic mass is 14.9. The minimum atomic E-state index is 0.627. The Hall–Kier alpha value is -1.49. The van der Waals surface area contributed by atoms with E-state index in [2.05, 4.69) is 17.5 Å². The van der Waals surface area contributed by atoms with Crippen LogP contribution in [0.5, 0.6) is 0 Å². The van der Waals surface area contributed by atoms with Crippen molar-refractivity contribution in [3.63, 3.8) is 0 Å². The zero-order chi connectivity index (χ0) is 9.97. The summed E-state index contributed by atoms with van der Waals surface area (Å²) in [6, 6.07) is 8.68. The van der Waals surface area contributed by atoms with Crippen molar-refractivity contribution < 1.29 is 0 Å². The molecule has 14 heavy (non-hydrogen) atoms. The maximum atomic E-state index is 8.87. The molecule has 1 aromatic carbocycles. The lowest BCUT2D eigenvalue weighted by atomic mass is 9.92. The van der Waals surface area contributed by atoms with Crippen molar-refractivity contribution in [2.45, 2.75) is 32.2 Å². The Bertz CT molecular complexity index is 372. The summed E-state index contributed by atoms with van der Waals surface area (Å²) in [5.41, 5.74) is 2.96. The van der Waals surface area contributed by atoms with Crippen LogP contribution in [0.25, 0.3) is 0 Å². The molecule has 0 aromatic heterocycles. The van der Waals surface area contributed by atoms with E-state index in [9.17, 15) is 0 Å². The lowest BCUT2D eigenvalue weighted by Gasteiger charge is -2.28. The number of anilines is 1. The third-order valence-electron chi connectivity index (χ3n) is 2.92. The Morgan fingerprint density at radius 2 is 2.21 bits per heavy atom. The normalized spacial score (nSPS) is 15.7. The van der Waals surface area contributed by atoms with Gasteiger partial charge in [-0.25, -0.2) is 0 Å². The lowest BCUT2D eigenvalue weighted by Crippen LogP contribution is -2.27. The van der Waals surface area contributed by atoms with Gasteiger partial charge in [0, 0.05) is 11.7 Å². The fraction of sp³-hybridized carbons (Fsp3) is 0.417. The SMILES string of the molecule is Cc1c(C#N)cccc1NC1CCC1. The standard InChI is InChI=1S/C12H14N2/c1-9-10(8-13)4-2-7-12(9)14-11-5-3-6-11/h2,4,7,11,14H,3,5-6H2,1H3. The van der Waals surface area contributed by atoms with Crippen LogP contribution in [-0.2, 0) is 0 Å². The van der Waals surface area contributed by atoms with Gasteiger partial charge >= 0.3 is 0 Å². The van der Waals surface area contributed by atoms with E-state index in [4.69, 9.17) is 5.26 Å². The van der Waals surface area contributed by atoms with Gasteiger partial charge in [0.1, 0.15) is 0 Å². The molecule has 0 aliphatic heterocycles. The number of benzene rings is 1. The molecular weight excluding hydrogens is 172 g/mol. The molecule has 1 N–H and O–H groups in total. The molecule has 1 aliphatic carbocycles. The minimum absolute atomic E-state index is 0.627. The van der Waals surface area contributed by atoms with E-state index in [0.717, 1.165) is 16.8 Å². The summed E-state index contributed by atoms with van der Waals surface area (Å²) in [4.78, 5) is 0. The van der Waals surface area contributed by atoms with Crippen LogP contribution in [0.1, 0.15) is 30.4 Å². The molecule has 1 aromatic rings. The maximum Gasteiger partial charge on any atom is 0.0995 e. The van der Waals surface area contributed by atoms with Gasteiger partial charge < -0.3 is 5.32 Å². The van der Waals surface area contributed by atoms with Crippen molar-refractivity contribution in [3.05, 3.63) is 29.3 Å². The first kappa shape index (κ1) is 9.08. The summed E-state index contributed by atoms with van der Waals surface area (Å²) in [5, 5.41) is 12.3. The van der Waals surface area contributed by atoms with E-state index < -0.39 is 0 Å². The second kappa shape index (κ2) is 3.71. The Balaban J connectivity index is 2.20. The maximum absolute atomic E-state index is 8.87. The Morgan fingerprint density at radius 3 is 2.79 bits per heavy atom. The molecule has 2 heteroatoms. The van der Waals surface area contributed by atoms with Gasteiger partial charge in [0.25, 0.3) is 0 Å². The molecule has 0 spiro atoms. The van der Waals surface area contributed by atoms with Crippen LogP contribution in [0.3, 0.4) is 0 Å². The van der Waals surface area contributed by atoms with Crippen molar-refractivity contribution in [2.75, 3.05) is 5.32 Å². The summed E-state index contributed by atoms with van der Waals surface area (Å²) in [6.07, 6.45) is 3.85. The van der Waals surface area contributed by atoms with E-state index in [1.165, 1.54) is 19.3 Å². The molecule has 2 nitrogen and oxygen atoms in total. The highest BCUT2D eigenvalue weighted by molar-refractivity contribution is 5.57. The van der Waals surface area contributed by atoms with Gasteiger partial charge in [0.15, 0.2) is 0 Å². The summed E-state index contributed by atoms with van der Waals surface area (Å²) < 4.78 is 0. The molecule has 0 saturated heterocycles. The van der Waals surface area contributed by atoms with Gasteiger partial charge in [-0.15, -0.1) is 0 Å². The molecule has 0 heterocycles. The van der Waals surface area contributed by atoms with Gasteiger partial charge in [0.05, 0.1) is 11.6 Å². The molecule has 0 radical (unpaired) electrons. The first-order valence-electron chi connectivity index (χ1n) is 5.07. The first-order valence-corrected chi connectivity index (χ1v) is 5.07. The van der Waals surface area contributed by atoms with Crippen molar-refractivity contribution >= 4 is 5.69 Å². The summed E-state index contributed by atoms with van der Waals surface area (Å²) >= 11 is 0. The van der Waals surface area contributed by atoms with E-state index in [1.54, 1.807) is 0 Å². The van der Waals surface area contributed by atoms with Crippen molar-refractivity contribution in [3.8, 4) is 6.07 Å². The summed E-state index contributed by atoms with van der Waals surface area (Å²) in [7, 11) is 0. The largest absolute Gasteiger partial charge is 0.382 e. The fourth-order valence-electron chi connectivity index (χ4n) is 1.69. The van der Waals surface area contributed by atoms with Crippen LogP contribution in [0.2, 0.25) is 0 Å². The van der Waals surface area contributed by atoms with Gasteiger partial charge in [-0.2, -0.15) is 5.26 Å². The fourth-order valence-corrected chi connectivity index (χ4v) is 1.69. The predicted molar refractivity (Wildman–Crippen MR) is 57.2 cm³/mol. The number of nitrogens with one attached hydrogen (secondary N) is 1. The average Bonchev–Trinajstić information content (AvgIpc) is 2.13. The number of rotatable bonds is 2. The average molecular weight is 186 g/mol. The summed E-state index contributed by atoms with van der Waals surface area (Å²) in [6.45, 7) is 2.00. The predicted octanol–water partition coefficient (Wildman–Crippen LogP) is 2.83. The third-order valence-corrected chi connectivity index (χ3v) is 2.92. The Kier molecular flexibility index (Phi) is 2.41. The second-order valence-corrected chi connectivity index (χ2v) is 3.86. The molecule has 0 atom stereocenters. The van der Waals surface area contributed by atoms with Crippen LogP contribution >= 0.6 is 0 Å². The zero-order valence-corrected chi connectivity index (χ0v) is 8.38. The number of nitrogens with zero attached hydrogens (tertiary/aromatic N) is 1. The van der Waals surface area contributed by atoms with E-state index in [-0.39, 0.29) is 0 Å². The molecular formula is C12H14N2. The van der Waals surface area contributed by atoms with Gasteiger partial charge in [-0.05, 0) is 43.9 Å². The molecule has 1 saturated carbocycles. The smallest absolute Gasteiger partial charge is 0.0995 e. The van der Waals surface area contributed by atoms with Crippen LogP contribution in [0.4, 0.5) is 5.69 Å².